The maximum atomic E-state index is 11.8. The van der Waals surface area contributed by atoms with Gasteiger partial charge < -0.3 is 49.7 Å². The Morgan fingerprint density at radius 2 is 0.900 bits per heavy atom. The summed E-state index contributed by atoms with van der Waals surface area (Å²) in [5.74, 6) is 0.726. The van der Waals surface area contributed by atoms with Crippen LogP contribution in [0.3, 0.4) is 0 Å². The van der Waals surface area contributed by atoms with Gasteiger partial charge in [0.1, 0.15) is 0 Å². The molecule has 0 aromatic rings. The van der Waals surface area contributed by atoms with Crippen LogP contribution in [0.4, 0.5) is 4.79 Å². The fraction of sp³-hybridized carbons (Fsp3) is 0.870. The SMILES string of the molecule is C=C(NCCCCNC(=O)NCCOCCOCCOCCN=[N+]=[N-])NCCOCCOCCOCCN=[N+]=[N-]. The highest BCUT2D eigenvalue weighted by Gasteiger charge is 1.99. The summed E-state index contributed by atoms with van der Waals surface area (Å²) in [6.07, 6.45) is 1.71. The van der Waals surface area contributed by atoms with E-state index < -0.39 is 0 Å². The molecular formula is C23H46N10O7. The molecule has 40 heavy (non-hydrogen) atoms. The molecule has 0 spiro atoms. The summed E-state index contributed by atoms with van der Waals surface area (Å²) in [4.78, 5) is 17.0. The normalized spacial score (nSPS) is 10.3. The monoisotopic (exact) mass is 574 g/mol. The molecule has 0 saturated heterocycles. The van der Waals surface area contributed by atoms with E-state index in [2.05, 4.69) is 47.9 Å². The number of unbranched alkanes of at least 4 members (excludes halogenated alkanes) is 1. The first-order valence-corrected chi connectivity index (χ1v) is 13.4. The van der Waals surface area contributed by atoms with Gasteiger partial charge in [-0.15, -0.1) is 0 Å². The van der Waals surface area contributed by atoms with Crippen molar-refractivity contribution in [3.8, 4) is 0 Å². The van der Waals surface area contributed by atoms with Crippen LogP contribution in [0.5, 0.6) is 0 Å². The van der Waals surface area contributed by atoms with Crippen molar-refractivity contribution in [3.63, 3.8) is 0 Å². The molecule has 0 radical (unpaired) electrons. The van der Waals surface area contributed by atoms with Gasteiger partial charge in [0.25, 0.3) is 0 Å². The number of hydrogen-bond acceptors (Lipinski definition) is 11. The third-order valence-electron chi connectivity index (χ3n) is 4.63. The van der Waals surface area contributed by atoms with Crippen LogP contribution >= 0.6 is 0 Å². The Kier molecular flexibility index (Phi) is 29.8. The van der Waals surface area contributed by atoms with Crippen LogP contribution in [0.25, 0.3) is 20.9 Å². The lowest BCUT2D eigenvalue weighted by Crippen LogP contribution is -2.38. The van der Waals surface area contributed by atoms with Gasteiger partial charge in [0.15, 0.2) is 0 Å². The molecule has 0 aliphatic heterocycles. The van der Waals surface area contributed by atoms with Gasteiger partial charge in [-0.25, -0.2) is 4.79 Å². The maximum absolute atomic E-state index is 11.8. The van der Waals surface area contributed by atoms with Gasteiger partial charge in [-0.3, -0.25) is 0 Å². The van der Waals surface area contributed by atoms with Gasteiger partial charge in [-0.1, -0.05) is 16.8 Å². The zero-order valence-electron chi connectivity index (χ0n) is 23.4. The van der Waals surface area contributed by atoms with Crippen LogP contribution in [0.2, 0.25) is 0 Å². The van der Waals surface area contributed by atoms with Crippen LogP contribution in [0.15, 0.2) is 22.6 Å². The van der Waals surface area contributed by atoms with E-state index in [0.29, 0.717) is 112 Å². The van der Waals surface area contributed by atoms with Crippen molar-refractivity contribution >= 4 is 6.03 Å². The molecule has 17 heteroatoms. The molecule has 0 aliphatic rings. The summed E-state index contributed by atoms with van der Waals surface area (Å²) in [6.45, 7) is 12.2. The average molecular weight is 575 g/mol. The highest BCUT2D eigenvalue weighted by atomic mass is 16.5. The summed E-state index contributed by atoms with van der Waals surface area (Å²) in [7, 11) is 0. The van der Waals surface area contributed by atoms with E-state index in [4.69, 9.17) is 39.5 Å². The smallest absolute Gasteiger partial charge is 0.314 e. The molecule has 0 aromatic heterocycles. The zero-order chi connectivity index (χ0) is 29.2. The molecule has 0 heterocycles. The summed E-state index contributed by atoms with van der Waals surface area (Å²) in [5, 5.41) is 18.6. The minimum atomic E-state index is -0.224. The molecule has 0 aliphatic carbocycles. The third kappa shape index (κ3) is 31.2. The van der Waals surface area contributed by atoms with Crippen LogP contribution in [0.1, 0.15) is 12.8 Å². The first-order chi connectivity index (χ1) is 19.7. The molecule has 0 rings (SSSR count). The van der Waals surface area contributed by atoms with Crippen molar-refractivity contribution in [1.29, 1.82) is 0 Å². The zero-order valence-corrected chi connectivity index (χ0v) is 23.4. The maximum Gasteiger partial charge on any atom is 0.314 e. The van der Waals surface area contributed by atoms with Gasteiger partial charge >= 0.3 is 6.03 Å². The fourth-order valence-corrected chi connectivity index (χ4v) is 2.71. The Morgan fingerprint density at radius 3 is 1.38 bits per heavy atom. The standard InChI is InChI=1S/C23H46N10O7/c1-22(27-6-10-35-14-18-39-20-16-37-12-8-30-32-24)26-4-2-3-5-28-23(34)29-7-11-36-15-19-40-21-17-38-13-9-31-33-25/h26-27H,1-21H2,(H2,28,29,34). The summed E-state index contributed by atoms with van der Waals surface area (Å²) < 4.78 is 32.0. The number of rotatable bonds is 31. The van der Waals surface area contributed by atoms with E-state index in [1.54, 1.807) is 0 Å². The molecule has 2 amide bonds. The van der Waals surface area contributed by atoms with Crippen molar-refractivity contribution in [2.24, 2.45) is 10.2 Å². The van der Waals surface area contributed by atoms with E-state index in [1.807, 2.05) is 0 Å². The quantitative estimate of drug-likeness (QED) is 0.0407. The average Bonchev–Trinajstić information content (AvgIpc) is 2.95. The Balaban J connectivity index is 3.28. The van der Waals surface area contributed by atoms with E-state index >= 15 is 0 Å². The predicted molar refractivity (Wildman–Crippen MR) is 149 cm³/mol. The number of carbonyl (C=O) groups excluding carboxylic acids is 1. The topological polar surface area (TPSA) is 218 Å². The number of urea groups is 1. The van der Waals surface area contributed by atoms with Crippen molar-refractivity contribution in [1.82, 2.24) is 21.3 Å². The highest BCUT2D eigenvalue weighted by Crippen LogP contribution is 1.88. The number of nitrogens with one attached hydrogen (secondary N) is 4. The molecular weight excluding hydrogens is 528 g/mol. The molecule has 17 nitrogen and oxygen atoms in total. The number of nitrogens with zero attached hydrogens (tertiary/aromatic N) is 6. The van der Waals surface area contributed by atoms with Gasteiger partial charge in [-0.2, -0.15) is 0 Å². The van der Waals surface area contributed by atoms with Crippen molar-refractivity contribution < 1.29 is 33.2 Å². The lowest BCUT2D eigenvalue weighted by atomic mass is 10.3. The van der Waals surface area contributed by atoms with Crippen LogP contribution in [-0.4, -0.2) is 125 Å². The molecule has 0 atom stereocenters. The summed E-state index contributed by atoms with van der Waals surface area (Å²) in [5.41, 5.74) is 16.3. The number of azide groups is 2. The van der Waals surface area contributed by atoms with Gasteiger partial charge in [-0.05, 0) is 23.9 Å². The Labute approximate surface area is 235 Å². The first-order valence-electron chi connectivity index (χ1n) is 13.4. The van der Waals surface area contributed by atoms with Gasteiger partial charge in [0.2, 0.25) is 0 Å². The van der Waals surface area contributed by atoms with Gasteiger partial charge in [0, 0.05) is 49.1 Å². The number of ether oxygens (including phenoxy) is 6. The predicted octanol–water partition coefficient (Wildman–Crippen LogP) is 1.44. The number of hydrogen-bond donors (Lipinski definition) is 4. The minimum absolute atomic E-state index is 0.224. The molecule has 0 saturated carbocycles. The second kappa shape index (κ2) is 32.2. The lowest BCUT2D eigenvalue weighted by molar-refractivity contribution is 0.0168. The number of carbonyl (C=O) groups is 1. The summed E-state index contributed by atoms with van der Waals surface area (Å²) in [6, 6.07) is -0.224. The molecule has 0 fully saturated rings. The summed E-state index contributed by atoms with van der Waals surface area (Å²) >= 11 is 0. The second-order valence-corrected chi connectivity index (χ2v) is 7.81. The minimum Gasteiger partial charge on any atom is -0.379 e. The molecule has 0 unspecified atom stereocenters. The Morgan fingerprint density at radius 1 is 0.550 bits per heavy atom. The molecule has 0 bridgehead atoms. The first kappa shape index (κ1) is 37.0. The molecule has 0 aromatic carbocycles. The van der Waals surface area contributed by atoms with E-state index in [9.17, 15) is 4.79 Å². The van der Waals surface area contributed by atoms with Crippen LogP contribution < -0.4 is 21.3 Å². The molecule has 230 valence electrons. The Hall–Kier alpha value is -3.01. The highest BCUT2D eigenvalue weighted by molar-refractivity contribution is 5.73. The van der Waals surface area contributed by atoms with E-state index in [0.717, 1.165) is 25.2 Å². The van der Waals surface area contributed by atoms with E-state index in [1.165, 1.54) is 0 Å². The fourth-order valence-electron chi connectivity index (χ4n) is 2.71. The van der Waals surface area contributed by atoms with Crippen molar-refractivity contribution in [3.05, 3.63) is 33.3 Å². The Bertz CT molecular complexity index is 649. The lowest BCUT2D eigenvalue weighted by Gasteiger charge is -2.13. The number of amides is 2. The van der Waals surface area contributed by atoms with Crippen molar-refractivity contribution in [2.45, 2.75) is 12.8 Å². The molecule has 4 N–H and O–H groups in total. The van der Waals surface area contributed by atoms with Crippen LogP contribution in [-0.2, 0) is 28.4 Å². The van der Waals surface area contributed by atoms with Crippen molar-refractivity contribution in [2.75, 3.05) is 119 Å². The largest absolute Gasteiger partial charge is 0.379 e. The second-order valence-electron chi connectivity index (χ2n) is 7.81. The third-order valence-corrected chi connectivity index (χ3v) is 4.63. The van der Waals surface area contributed by atoms with Crippen LogP contribution in [0, 0.1) is 0 Å². The van der Waals surface area contributed by atoms with Gasteiger partial charge in [0.05, 0.1) is 85.1 Å². The van der Waals surface area contributed by atoms with E-state index in [-0.39, 0.29) is 6.03 Å².